The minimum Gasteiger partial charge on any atom is -0.355 e. The van der Waals surface area contributed by atoms with Crippen LogP contribution in [0.1, 0.15) is 29.9 Å². The summed E-state index contributed by atoms with van der Waals surface area (Å²) in [5.74, 6) is -0.900. The Hall–Kier alpha value is -3.01. The fourth-order valence-corrected chi connectivity index (χ4v) is 5.78. The normalized spacial score (nSPS) is 15.6. The lowest BCUT2D eigenvalue weighted by molar-refractivity contribution is -0.120. The van der Waals surface area contributed by atoms with Gasteiger partial charge in [-0.2, -0.15) is 4.31 Å². The second kappa shape index (κ2) is 10.1. The van der Waals surface area contributed by atoms with Crippen molar-refractivity contribution in [1.82, 2.24) is 9.46 Å². The lowest BCUT2D eigenvalue weighted by Crippen LogP contribution is -2.41. The number of hydrogen-bond acceptors (Lipinski definition) is 5. The number of halogens is 2. The van der Waals surface area contributed by atoms with Crippen LogP contribution in [0.5, 0.6) is 0 Å². The molecule has 1 saturated heterocycles. The van der Waals surface area contributed by atoms with Crippen molar-refractivity contribution in [2.24, 2.45) is 5.92 Å². The average molecular weight is 504 g/mol. The van der Waals surface area contributed by atoms with Crippen LogP contribution in [0, 0.1) is 18.7 Å². The van der Waals surface area contributed by atoms with Gasteiger partial charge in [0, 0.05) is 35.3 Å². The molecule has 0 aliphatic carbocycles. The highest BCUT2D eigenvalue weighted by atomic mass is 35.5. The Morgan fingerprint density at radius 2 is 1.91 bits per heavy atom. The number of carbonyl (C=O) groups excluding carboxylic acids is 1. The maximum absolute atomic E-state index is 13.9. The zero-order valence-electron chi connectivity index (χ0n) is 18.4. The maximum atomic E-state index is 13.9. The van der Waals surface area contributed by atoms with E-state index in [4.69, 9.17) is 16.1 Å². The number of sulfonamides is 1. The molecular weight excluding hydrogens is 481 g/mol. The van der Waals surface area contributed by atoms with Crippen molar-refractivity contribution in [3.05, 3.63) is 76.4 Å². The first-order chi connectivity index (χ1) is 16.3. The number of nitrogens with one attached hydrogen (secondary N) is 1. The summed E-state index contributed by atoms with van der Waals surface area (Å²) in [7, 11) is -3.93. The first kappa shape index (κ1) is 24.1. The molecule has 0 bridgehead atoms. The van der Waals surface area contributed by atoms with E-state index in [1.54, 1.807) is 49.4 Å². The van der Waals surface area contributed by atoms with Gasteiger partial charge in [-0.1, -0.05) is 41.0 Å². The second-order valence-electron chi connectivity index (χ2n) is 7.99. The predicted octanol–water partition coefficient (Wildman–Crippen LogP) is 4.99. The van der Waals surface area contributed by atoms with Gasteiger partial charge in [0.2, 0.25) is 15.9 Å². The van der Waals surface area contributed by atoms with Crippen LogP contribution in [0.3, 0.4) is 0 Å². The molecule has 0 unspecified atom stereocenters. The molecule has 3 aromatic rings. The minimum atomic E-state index is -3.93. The monoisotopic (exact) mass is 503 g/mol. The van der Waals surface area contributed by atoms with Crippen molar-refractivity contribution in [1.29, 1.82) is 0 Å². The Kier molecular flexibility index (Phi) is 7.16. The van der Waals surface area contributed by atoms with E-state index in [1.165, 1.54) is 22.5 Å². The second-order valence-corrected chi connectivity index (χ2v) is 10.3. The molecule has 4 rings (SSSR count). The van der Waals surface area contributed by atoms with E-state index in [0.717, 1.165) is 0 Å². The van der Waals surface area contributed by atoms with Gasteiger partial charge in [-0.15, -0.1) is 0 Å². The Morgan fingerprint density at radius 3 is 2.62 bits per heavy atom. The van der Waals surface area contributed by atoms with E-state index < -0.39 is 15.8 Å². The molecule has 0 saturated carbocycles. The van der Waals surface area contributed by atoms with Gasteiger partial charge in [0.1, 0.15) is 11.5 Å². The van der Waals surface area contributed by atoms with Crippen molar-refractivity contribution in [2.75, 3.05) is 18.4 Å². The zero-order valence-corrected chi connectivity index (χ0v) is 19.9. The van der Waals surface area contributed by atoms with E-state index in [9.17, 15) is 17.6 Å². The first-order valence-electron chi connectivity index (χ1n) is 10.7. The van der Waals surface area contributed by atoms with Crippen LogP contribution in [-0.4, -0.2) is 36.9 Å². The van der Waals surface area contributed by atoms with Gasteiger partial charge in [0.25, 0.3) is 0 Å². The summed E-state index contributed by atoms with van der Waals surface area (Å²) in [5, 5.41) is 7.16. The quantitative estimate of drug-likeness (QED) is 0.512. The van der Waals surface area contributed by atoms with Crippen LogP contribution in [0.25, 0.3) is 12.2 Å². The highest BCUT2D eigenvalue weighted by molar-refractivity contribution is 7.89. The van der Waals surface area contributed by atoms with Gasteiger partial charge < -0.3 is 9.84 Å². The van der Waals surface area contributed by atoms with E-state index >= 15 is 0 Å². The fraction of sp³-hybridized carbons (Fsp3) is 0.250. The molecular formula is C24H23ClFN3O4S. The van der Waals surface area contributed by atoms with E-state index in [-0.39, 0.29) is 41.3 Å². The minimum absolute atomic E-state index is 0.0292. The molecule has 1 amide bonds. The molecule has 1 N–H and O–H groups in total. The number of aromatic nitrogens is 1. The molecule has 34 heavy (non-hydrogen) atoms. The lowest BCUT2D eigenvalue weighted by atomic mass is 9.97. The van der Waals surface area contributed by atoms with Gasteiger partial charge >= 0.3 is 0 Å². The lowest BCUT2D eigenvalue weighted by Gasteiger charge is -2.30. The summed E-state index contributed by atoms with van der Waals surface area (Å²) >= 11 is 5.96. The van der Waals surface area contributed by atoms with Crippen LogP contribution >= 0.6 is 11.6 Å². The Balaban J connectivity index is 1.46. The zero-order chi connectivity index (χ0) is 24.3. The molecule has 1 fully saturated rings. The van der Waals surface area contributed by atoms with Gasteiger partial charge in [0.15, 0.2) is 10.7 Å². The van der Waals surface area contributed by atoms with Crippen LogP contribution in [0.2, 0.25) is 5.02 Å². The molecule has 1 aliphatic heterocycles. The largest absolute Gasteiger partial charge is 0.355 e. The van der Waals surface area contributed by atoms with Gasteiger partial charge in [-0.05, 0) is 56.2 Å². The van der Waals surface area contributed by atoms with Crippen molar-refractivity contribution < 1.29 is 22.1 Å². The highest BCUT2D eigenvalue weighted by Crippen LogP contribution is 2.30. The third-order valence-electron chi connectivity index (χ3n) is 5.67. The smallest absolute Gasteiger partial charge is 0.248 e. The van der Waals surface area contributed by atoms with Gasteiger partial charge in [-0.25, -0.2) is 12.8 Å². The first-order valence-corrected chi connectivity index (χ1v) is 12.5. The molecule has 10 heteroatoms. The summed E-state index contributed by atoms with van der Waals surface area (Å²) < 4.78 is 47.2. The van der Waals surface area contributed by atoms with Gasteiger partial charge in [0.05, 0.1) is 0 Å². The SMILES string of the molecule is Cc1noc(C=Cc2ccccc2F)c1S(=O)(=O)N1CCC(C(=O)Nc2cccc(Cl)c2)CC1. The summed E-state index contributed by atoms with van der Waals surface area (Å²) in [6, 6.07) is 13.0. The topological polar surface area (TPSA) is 92.5 Å². The number of amides is 1. The Bertz CT molecular complexity index is 1330. The molecule has 0 radical (unpaired) electrons. The number of rotatable bonds is 6. The molecule has 178 valence electrons. The summed E-state index contributed by atoms with van der Waals surface area (Å²) in [6.07, 6.45) is 3.59. The van der Waals surface area contributed by atoms with Crippen molar-refractivity contribution in [3.63, 3.8) is 0 Å². The van der Waals surface area contributed by atoms with Crippen LogP contribution in [0.15, 0.2) is 57.9 Å². The van der Waals surface area contributed by atoms with Crippen LogP contribution in [0.4, 0.5) is 10.1 Å². The van der Waals surface area contributed by atoms with E-state index in [0.29, 0.717) is 29.1 Å². The Morgan fingerprint density at radius 1 is 1.18 bits per heavy atom. The van der Waals surface area contributed by atoms with E-state index in [1.807, 2.05) is 0 Å². The number of carbonyl (C=O) groups is 1. The highest BCUT2D eigenvalue weighted by Gasteiger charge is 2.36. The predicted molar refractivity (Wildman–Crippen MR) is 128 cm³/mol. The molecule has 1 aromatic heterocycles. The summed E-state index contributed by atoms with van der Waals surface area (Å²) in [4.78, 5) is 12.6. The number of aryl methyl sites for hydroxylation is 1. The average Bonchev–Trinajstić information content (AvgIpc) is 3.19. The fourth-order valence-electron chi connectivity index (χ4n) is 3.87. The molecule has 2 heterocycles. The number of nitrogens with zero attached hydrogens (tertiary/aromatic N) is 2. The third-order valence-corrected chi connectivity index (χ3v) is 7.96. The van der Waals surface area contributed by atoms with Crippen molar-refractivity contribution in [2.45, 2.75) is 24.7 Å². The van der Waals surface area contributed by atoms with Crippen molar-refractivity contribution >= 4 is 45.4 Å². The van der Waals surface area contributed by atoms with Gasteiger partial charge in [-0.3, -0.25) is 4.79 Å². The van der Waals surface area contributed by atoms with E-state index in [2.05, 4.69) is 10.5 Å². The summed E-state index contributed by atoms with van der Waals surface area (Å²) in [5.41, 5.74) is 1.11. The molecule has 0 spiro atoms. The summed E-state index contributed by atoms with van der Waals surface area (Å²) in [6.45, 7) is 1.90. The molecule has 1 aliphatic rings. The van der Waals surface area contributed by atoms with Crippen LogP contribution < -0.4 is 5.32 Å². The number of anilines is 1. The third kappa shape index (κ3) is 5.22. The molecule has 0 atom stereocenters. The Labute approximate surface area is 202 Å². The molecule has 2 aromatic carbocycles. The molecule has 7 nitrogen and oxygen atoms in total. The number of piperidine rings is 1. The number of benzene rings is 2. The standard InChI is InChI=1S/C24H23ClFN3O4S/c1-16-23(22(33-28-16)10-9-17-5-2-3-8-21(17)26)34(31,32)29-13-11-18(12-14-29)24(30)27-20-7-4-6-19(25)15-20/h2-10,15,18H,11-14H2,1H3,(H,27,30). The van der Waals surface area contributed by atoms with Crippen LogP contribution in [-0.2, 0) is 14.8 Å². The van der Waals surface area contributed by atoms with Crippen molar-refractivity contribution in [3.8, 4) is 0 Å². The number of hydrogen-bond donors (Lipinski definition) is 1. The maximum Gasteiger partial charge on any atom is 0.248 e.